The maximum Gasteiger partial charge on any atom is 0.242 e. The normalized spacial score (nSPS) is 11.9. The predicted octanol–water partition coefficient (Wildman–Crippen LogP) is 3.91. The summed E-state index contributed by atoms with van der Waals surface area (Å²) < 4.78 is 0. The Kier molecular flexibility index (Phi) is 8.24. The van der Waals surface area contributed by atoms with E-state index in [2.05, 4.69) is 17.4 Å². The molecule has 0 aliphatic carbocycles. The van der Waals surface area contributed by atoms with Crippen molar-refractivity contribution in [3.63, 3.8) is 0 Å². The van der Waals surface area contributed by atoms with Crippen molar-refractivity contribution in [3.8, 4) is 0 Å². The van der Waals surface area contributed by atoms with E-state index in [1.54, 1.807) is 4.90 Å². The van der Waals surface area contributed by atoms with E-state index in [0.29, 0.717) is 19.4 Å². The molecule has 0 spiro atoms. The first-order valence-corrected chi connectivity index (χ1v) is 10.1. The van der Waals surface area contributed by atoms with Crippen LogP contribution in [0.2, 0.25) is 0 Å². The van der Waals surface area contributed by atoms with E-state index in [1.165, 1.54) is 5.56 Å². The van der Waals surface area contributed by atoms with E-state index in [9.17, 15) is 9.59 Å². The van der Waals surface area contributed by atoms with E-state index in [4.69, 9.17) is 0 Å². The van der Waals surface area contributed by atoms with Crippen LogP contribution in [0.25, 0.3) is 0 Å². The fraction of sp³-hybridized carbons (Fsp3) is 0.417. The van der Waals surface area contributed by atoms with Gasteiger partial charge in [-0.05, 0) is 44.7 Å². The van der Waals surface area contributed by atoms with Crippen molar-refractivity contribution in [2.24, 2.45) is 0 Å². The lowest BCUT2D eigenvalue weighted by Gasteiger charge is -2.31. The fourth-order valence-corrected chi connectivity index (χ4v) is 3.26. The number of nitrogens with zero attached hydrogens (tertiary/aromatic N) is 1. The molecule has 2 aromatic carbocycles. The molecule has 0 fully saturated rings. The molecule has 2 amide bonds. The van der Waals surface area contributed by atoms with Crippen molar-refractivity contribution in [3.05, 3.63) is 71.3 Å². The van der Waals surface area contributed by atoms with Crippen molar-refractivity contribution in [1.29, 1.82) is 0 Å². The maximum absolute atomic E-state index is 13.2. The minimum Gasteiger partial charge on any atom is -0.352 e. The number of rotatable bonds is 9. The zero-order valence-corrected chi connectivity index (χ0v) is 17.4. The van der Waals surface area contributed by atoms with Crippen LogP contribution < -0.4 is 5.32 Å². The highest BCUT2D eigenvalue weighted by molar-refractivity contribution is 5.88. The Morgan fingerprint density at radius 2 is 1.61 bits per heavy atom. The third kappa shape index (κ3) is 6.52. The molecule has 1 N–H and O–H groups in total. The van der Waals surface area contributed by atoms with Gasteiger partial charge in [0.05, 0.1) is 6.42 Å². The zero-order chi connectivity index (χ0) is 20.5. The van der Waals surface area contributed by atoms with Crippen LogP contribution in [-0.4, -0.2) is 35.3 Å². The summed E-state index contributed by atoms with van der Waals surface area (Å²) in [5.74, 6) is -0.0895. The molecule has 0 saturated carbocycles. The first kappa shape index (κ1) is 21.7. The lowest BCUT2D eigenvalue weighted by Crippen LogP contribution is -2.51. The summed E-state index contributed by atoms with van der Waals surface area (Å²) in [6.45, 7) is 8.39. The minimum absolute atomic E-state index is 0.00876. The van der Waals surface area contributed by atoms with Crippen LogP contribution in [0, 0.1) is 6.92 Å². The number of aryl methyl sites for hydroxylation is 1. The van der Waals surface area contributed by atoms with E-state index in [-0.39, 0.29) is 17.9 Å². The lowest BCUT2D eigenvalue weighted by molar-refractivity contribution is -0.140. The Bertz CT molecular complexity index is 754. The highest BCUT2D eigenvalue weighted by Gasteiger charge is 2.28. The molecule has 0 heterocycles. The molecular weight excluding hydrogens is 348 g/mol. The van der Waals surface area contributed by atoms with E-state index >= 15 is 0 Å². The standard InChI is InChI=1S/C24H32N2O2/c1-5-22(24(28)25-18(2)3)26(16-15-20-9-7-6-8-10-20)23(27)17-21-13-11-19(4)12-14-21/h6-14,18,22H,5,15-17H2,1-4H3,(H,25,28)/t22-/m1/s1. The molecule has 0 aromatic heterocycles. The number of amides is 2. The first-order chi connectivity index (χ1) is 13.4. The molecule has 2 rings (SSSR count). The quantitative estimate of drug-likeness (QED) is 0.717. The molecular formula is C24H32N2O2. The Hall–Kier alpha value is -2.62. The molecule has 150 valence electrons. The predicted molar refractivity (Wildman–Crippen MR) is 114 cm³/mol. The second-order valence-corrected chi connectivity index (χ2v) is 7.57. The van der Waals surface area contributed by atoms with E-state index in [0.717, 1.165) is 17.5 Å². The van der Waals surface area contributed by atoms with E-state index < -0.39 is 6.04 Å². The van der Waals surface area contributed by atoms with Crippen molar-refractivity contribution < 1.29 is 9.59 Å². The van der Waals surface area contributed by atoms with Gasteiger partial charge in [0.2, 0.25) is 11.8 Å². The number of hydrogen-bond donors (Lipinski definition) is 1. The molecule has 28 heavy (non-hydrogen) atoms. The lowest BCUT2D eigenvalue weighted by atomic mass is 10.1. The summed E-state index contributed by atoms with van der Waals surface area (Å²) in [5.41, 5.74) is 3.30. The highest BCUT2D eigenvalue weighted by Crippen LogP contribution is 2.13. The summed E-state index contributed by atoms with van der Waals surface area (Å²) in [6, 6.07) is 17.7. The SMILES string of the molecule is CC[C@H](C(=O)NC(C)C)N(CCc1ccccc1)C(=O)Cc1ccc(C)cc1. The summed E-state index contributed by atoms with van der Waals surface area (Å²) in [4.78, 5) is 27.6. The topological polar surface area (TPSA) is 49.4 Å². The Morgan fingerprint density at radius 1 is 0.964 bits per heavy atom. The van der Waals surface area contributed by atoms with Crippen LogP contribution in [0.1, 0.15) is 43.9 Å². The Labute approximate surface area is 169 Å². The molecule has 4 nitrogen and oxygen atoms in total. The second-order valence-electron chi connectivity index (χ2n) is 7.57. The van der Waals surface area contributed by atoms with Gasteiger partial charge in [-0.15, -0.1) is 0 Å². The molecule has 0 saturated heterocycles. The summed E-state index contributed by atoms with van der Waals surface area (Å²) in [6.07, 6.45) is 1.62. The highest BCUT2D eigenvalue weighted by atomic mass is 16.2. The largest absolute Gasteiger partial charge is 0.352 e. The van der Waals surface area contributed by atoms with Crippen LogP contribution in [-0.2, 0) is 22.4 Å². The number of carbonyl (C=O) groups excluding carboxylic acids is 2. The van der Waals surface area contributed by atoms with Crippen LogP contribution in [0.3, 0.4) is 0 Å². The summed E-state index contributed by atoms with van der Waals surface area (Å²) in [7, 11) is 0. The minimum atomic E-state index is -0.455. The molecule has 0 bridgehead atoms. The van der Waals surface area contributed by atoms with E-state index in [1.807, 2.05) is 70.2 Å². The van der Waals surface area contributed by atoms with Gasteiger partial charge in [-0.1, -0.05) is 67.1 Å². The van der Waals surface area contributed by atoms with Crippen LogP contribution in [0.4, 0.5) is 0 Å². The molecule has 2 aromatic rings. The number of carbonyl (C=O) groups is 2. The third-order valence-electron chi connectivity index (χ3n) is 4.78. The zero-order valence-electron chi connectivity index (χ0n) is 17.4. The van der Waals surface area contributed by atoms with Gasteiger partial charge in [0.25, 0.3) is 0 Å². The Morgan fingerprint density at radius 3 is 2.18 bits per heavy atom. The smallest absolute Gasteiger partial charge is 0.242 e. The second kappa shape index (κ2) is 10.6. The first-order valence-electron chi connectivity index (χ1n) is 10.1. The van der Waals surface area contributed by atoms with Gasteiger partial charge in [0, 0.05) is 12.6 Å². The van der Waals surface area contributed by atoms with Gasteiger partial charge >= 0.3 is 0 Å². The van der Waals surface area contributed by atoms with Gasteiger partial charge in [-0.2, -0.15) is 0 Å². The summed E-state index contributed by atoms with van der Waals surface area (Å²) in [5, 5.41) is 2.97. The van der Waals surface area contributed by atoms with Crippen LogP contribution in [0.15, 0.2) is 54.6 Å². The van der Waals surface area contributed by atoms with Crippen molar-refractivity contribution >= 4 is 11.8 Å². The number of nitrogens with one attached hydrogen (secondary N) is 1. The molecule has 0 aliphatic heterocycles. The fourth-order valence-electron chi connectivity index (χ4n) is 3.26. The van der Waals surface area contributed by atoms with Gasteiger partial charge in [-0.3, -0.25) is 9.59 Å². The van der Waals surface area contributed by atoms with Crippen LogP contribution in [0.5, 0.6) is 0 Å². The molecule has 0 radical (unpaired) electrons. The van der Waals surface area contributed by atoms with Gasteiger partial charge in [0.1, 0.15) is 6.04 Å². The monoisotopic (exact) mass is 380 g/mol. The summed E-state index contributed by atoms with van der Waals surface area (Å²) >= 11 is 0. The molecule has 4 heteroatoms. The van der Waals surface area contributed by atoms with Gasteiger partial charge in [0.15, 0.2) is 0 Å². The maximum atomic E-state index is 13.2. The number of hydrogen-bond acceptors (Lipinski definition) is 2. The molecule has 0 unspecified atom stereocenters. The average Bonchev–Trinajstić information content (AvgIpc) is 2.67. The van der Waals surface area contributed by atoms with Crippen molar-refractivity contribution in [2.45, 2.75) is 59.0 Å². The van der Waals surface area contributed by atoms with Crippen LogP contribution >= 0.6 is 0 Å². The van der Waals surface area contributed by atoms with Crippen molar-refractivity contribution in [2.75, 3.05) is 6.54 Å². The number of benzene rings is 2. The third-order valence-corrected chi connectivity index (χ3v) is 4.78. The Balaban J connectivity index is 2.18. The molecule has 1 atom stereocenters. The molecule has 0 aliphatic rings. The van der Waals surface area contributed by atoms with Crippen molar-refractivity contribution in [1.82, 2.24) is 10.2 Å². The van der Waals surface area contributed by atoms with Gasteiger partial charge < -0.3 is 10.2 Å². The van der Waals surface area contributed by atoms with Gasteiger partial charge in [-0.25, -0.2) is 0 Å². The average molecular weight is 381 g/mol.